The van der Waals surface area contributed by atoms with Crippen LogP contribution in [0.5, 0.6) is 0 Å². The van der Waals surface area contributed by atoms with Gasteiger partial charge in [0, 0.05) is 18.4 Å². The highest BCUT2D eigenvalue weighted by atomic mass is 16.5. The van der Waals surface area contributed by atoms with Gasteiger partial charge < -0.3 is 10.5 Å². The molecule has 5 aliphatic rings. The van der Waals surface area contributed by atoms with E-state index in [0.717, 1.165) is 24.7 Å². The largest absolute Gasteiger partial charge is 0.359 e. The molecule has 1 aromatic rings. The number of aryl methyl sites for hydroxylation is 2. The summed E-state index contributed by atoms with van der Waals surface area (Å²) in [4.78, 5) is 4.28. The van der Waals surface area contributed by atoms with Crippen LogP contribution in [0.3, 0.4) is 0 Å². The number of fused-ring (bicyclic) bond motifs is 1. The van der Waals surface area contributed by atoms with Crippen molar-refractivity contribution in [3.63, 3.8) is 0 Å². The zero-order valence-electron chi connectivity index (χ0n) is 20.2. The van der Waals surface area contributed by atoms with E-state index in [1.54, 1.807) is 5.57 Å². The summed E-state index contributed by atoms with van der Waals surface area (Å²) in [7, 11) is 0. The van der Waals surface area contributed by atoms with Crippen molar-refractivity contribution in [1.82, 2.24) is 4.98 Å². The molecule has 3 heteroatoms. The standard InChI is InChI=1S/C29H40N2O/c1-19(4-5-21-11-15-31-18-20(21)2)25-8-9-26-27(25,3)12-10-23-16-22-6-7-24(30)17-28(22)13-14-29(23,26)32-28/h6,11,15-16,18-19,24-26H,4-5,7-10,12-14,17,30H2,1-3H3/t19?,24-,25-,26-,27-,28-,29-/m1/s1. The van der Waals surface area contributed by atoms with Crippen LogP contribution in [0, 0.1) is 30.1 Å². The highest BCUT2D eigenvalue weighted by Gasteiger charge is 2.67. The Labute approximate surface area is 193 Å². The number of pyridine rings is 1. The fourth-order valence-electron chi connectivity index (χ4n) is 8.85. The van der Waals surface area contributed by atoms with Crippen molar-refractivity contribution < 1.29 is 4.74 Å². The van der Waals surface area contributed by atoms with E-state index in [9.17, 15) is 0 Å². The Morgan fingerprint density at radius 1 is 1.25 bits per heavy atom. The lowest BCUT2D eigenvalue weighted by Gasteiger charge is -2.56. The molecule has 2 spiro atoms. The molecule has 3 heterocycles. The van der Waals surface area contributed by atoms with Gasteiger partial charge in [-0.15, -0.1) is 0 Å². The number of rotatable bonds is 4. The third-order valence-corrected chi connectivity index (χ3v) is 10.5. The van der Waals surface area contributed by atoms with E-state index in [-0.39, 0.29) is 17.2 Å². The Morgan fingerprint density at radius 2 is 2.12 bits per heavy atom. The van der Waals surface area contributed by atoms with E-state index in [2.05, 4.69) is 44.0 Å². The van der Waals surface area contributed by atoms with Crippen LogP contribution < -0.4 is 5.73 Å². The first-order valence-corrected chi connectivity index (χ1v) is 13.1. The van der Waals surface area contributed by atoms with Gasteiger partial charge in [-0.3, -0.25) is 4.98 Å². The third kappa shape index (κ3) is 2.89. The molecule has 6 rings (SSSR count). The summed E-state index contributed by atoms with van der Waals surface area (Å²) >= 11 is 0. The number of nitrogens with zero attached hydrogens (tertiary/aromatic N) is 1. The van der Waals surface area contributed by atoms with Crippen LogP contribution in [0.15, 0.2) is 41.8 Å². The summed E-state index contributed by atoms with van der Waals surface area (Å²) in [6, 6.07) is 2.47. The molecule has 172 valence electrons. The molecular weight excluding hydrogens is 392 g/mol. The number of ether oxygens (including phenoxy) is 1. The zero-order chi connectivity index (χ0) is 22.1. The summed E-state index contributed by atoms with van der Waals surface area (Å²) in [5.74, 6) is 2.22. The third-order valence-electron chi connectivity index (χ3n) is 10.5. The van der Waals surface area contributed by atoms with E-state index >= 15 is 0 Å². The molecule has 32 heavy (non-hydrogen) atoms. The topological polar surface area (TPSA) is 48.1 Å². The summed E-state index contributed by atoms with van der Waals surface area (Å²) in [5.41, 5.74) is 12.6. The predicted molar refractivity (Wildman–Crippen MR) is 129 cm³/mol. The lowest BCUT2D eigenvalue weighted by molar-refractivity contribution is -0.146. The van der Waals surface area contributed by atoms with Gasteiger partial charge in [0.05, 0.1) is 11.2 Å². The van der Waals surface area contributed by atoms with Crippen molar-refractivity contribution >= 4 is 0 Å². The Bertz CT molecular complexity index is 981. The molecule has 2 aliphatic heterocycles. The maximum atomic E-state index is 7.28. The summed E-state index contributed by atoms with van der Waals surface area (Å²) in [6.07, 6.45) is 21.0. The number of hydrogen-bond donors (Lipinski definition) is 1. The van der Waals surface area contributed by atoms with Crippen molar-refractivity contribution in [3.05, 3.63) is 52.9 Å². The Kier molecular flexibility index (Phi) is 4.80. The summed E-state index contributed by atoms with van der Waals surface area (Å²) in [6.45, 7) is 7.35. The maximum Gasteiger partial charge on any atom is 0.0956 e. The van der Waals surface area contributed by atoms with Crippen molar-refractivity contribution in [2.75, 3.05) is 0 Å². The quantitative estimate of drug-likeness (QED) is 0.629. The second-order valence-electron chi connectivity index (χ2n) is 12.1. The Hall–Kier alpha value is -1.45. The highest BCUT2D eigenvalue weighted by Crippen LogP contribution is 2.69. The van der Waals surface area contributed by atoms with Crippen molar-refractivity contribution in [3.8, 4) is 0 Å². The second-order valence-corrected chi connectivity index (χ2v) is 12.1. The molecule has 3 nitrogen and oxygen atoms in total. The molecular formula is C29H40N2O. The van der Waals surface area contributed by atoms with Crippen molar-refractivity contribution in [2.45, 2.75) is 102 Å². The van der Waals surface area contributed by atoms with E-state index in [0.29, 0.717) is 11.3 Å². The number of hydrogen-bond acceptors (Lipinski definition) is 3. The predicted octanol–water partition coefficient (Wildman–Crippen LogP) is 6.06. The SMILES string of the molecule is Cc1cnccc1CCC(C)[C@H]1CC[C@@H]2[C@]1(C)CCC1=CC3=CC[C@@H](N)C[C@]34CC[C@@]12O4. The van der Waals surface area contributed by atoms with Crippen molar-refractivity contribution in [2.24, 2.45) is 28.9 Å². The number of nitrogens with two attached hydrogens (primary N) is 1. The van der Waals surface area contributed by atoms with E-state index in [4.69, 9.17) is 10.5 Å². The summed E-state index contributed by atoms with van der Waals surface area (Å²) in [5, 5.41) is 0. The van der Waals surface area contributed by atoms with E-state index < -0.39 is 0 Å². The number of aromatic nitrogens is 1. The summed E-state index contributed by atoms with van der Waals surface area (Å²) < 4.78 is 7.28. The fourth-order valence-corrected chi connectivity index (χ4v) is 8.85. The Morgan fingerprint density at radius 3 is 2.97 bits per heavy atom. The average molecular weight is 433 g/mol. The smallest absolute Gasteiger partial charge is 0.0956 e. The van der Waals surface area contributed by atoms with Crippen LogP contribution in [-0.2, 0) is 11.2 Å². The molecule has 0 aromatic carbocycles. The van der Waals surface area contributed by atoms with E-state index in [1.165, 1.54) is 68.1 Å². The molecule has 3 fully saturated rings. The first-order valence-electron chi connectivity index (χ1n) is 13.1. The van der Waals surface area contributed by atoms with E-state index in [1.807, 2.05) is 12.4 Å². The first kappa shape index (κ1) is 21.1. The highest BCUT2D eigenvalue weighted by molar-refractivity contribution is 5.47. The normalized spacial score (nSPS) is 43.1. The molecule has 2 N–H and O–H groups in total. The molecule has 7 atom stereocenters. The molecule has 0 radical (unpaired) electrons. The molecule has 1 aromatic heterocycles. The van der Waals surface area contributed by atoms with Gasteiger partial charge in [0.2, 0.25) is 0 Å². The van der Waals surface area contributed by atoms with Gasteiger partial charge in [0.15, 0.2) is 0 Å². The second kappa shape index (κ2) is 7.27. The van der Waals surface area contributed by atoms with Crippen molar-refractivity contribution in [1.29, 1.82) is 0 Å². The lowest BCUT2D eigenvalue weighted by Crippen LogP contribution is -2.55. The molecule has 2 saturated carbocycles. The minimum Gasteiger partial charge on any atom is -0.359 e. The van der Waals surface area contributed by atoms with Gasteiger partial charge in [-0.25, -0.2) is 0 Å². The van der Waals surface area contributed by atoms with Gasteiger partial charge in [-0.05, 0) is 123 Å². The Balaban J connectivity index is 1.25. The monoisotopic (exact) mass is 432 g/mol. The molecule has 1 saturated heterocycles. The first-order chi connectivity index (χ1) is 15.4. The minimum atomic E-state index is -0.0814. The van der Waals surface area contributed by atoms with Crippen LogP contribution in [0.2, 0.25) is 0 Å². The average Bonchev–Trinajstić information content (AvgIpc) is 3.28. The zero-order valence-corrected chi connectivity index (χ0v) is 20.2. The van der Waals surface area contributed by atoms with Gasteiger partial charge >= 0.3 is 0 Å². The van der Waals surface area contributed by atoms with Gasteiger partial charge in [0.25, 0.3) is 0 Å². The minimum absolute atomic E-state index is 0.00242. The maximum absolute atomic E-state index is 7.28. The van der Waals surface area contributed by atoms with Gasteiger partial charge in [-0.2, -0.15) is 0 Å². The fraction of sp³-hybridized carbons (Fsp3) is 0.690. The molecule has 1 unspecified atom stereocenters. The van der Waals surface area contributed by atoms with Crippen LogP contribution in [0.1, 0.15) is 82.8 Å². The van der Waals surface area contributed by atoms with Crippen LogP contribution >= 0.6 is 0 Å². The molecule has 3 aliphatic carbocycles. The molecule has 0 amide bonds. The lowest BCUT2D eigenvalue weighted by atomic mass is 9.55. The molecule has 2 bridgehead atoms. The van der Waals surface area contributed by atoms with Gasteiger partial charge in [-0.1, -0.05) is 26.0 Å². The van der Waals surface area contributed by atoms with Crippen LogP contribution in [-0.4, -0.2) is 22.2 Å². The van der Waals surface area contributed by atoms with Gasteiger partial charge in [0.1, 0.15) is 0 Å². The van der Waals surface area contributed by atoms with Crippen LogP contribution in [0.4, 0.5) is 0 Å². The van der Waals surface area contributed by atoms with Crippen LogP contribution in [0.25, 0.3) is 0 Å².